The molecule has 1 saturated carbocycles. The van der Waals surface area contributed by atoms with Gasteiger partial charge in [0.15, 0.2) is 0 Å². The topological polar surface area (TPSA) is 224 Å². The Morgan fingerprint density at radius 1 is 0.556 bits per heavy atom. The molecular formula is C42H37F3N15O6S3Y3-3. The van der Waals surface area contributed by atoms with Crippen LogP contribution in [-0.2, 0) is 146 Å². The summed E-state index contributed by atoms with van der Waals surface area (Å²) in [6, 6.07) is 9.01. The first-order chi connectivity index (χ1) is 33.3. The van der Waals surface area contributed by atoms with Crippen molar-refractivity contribution in [3.63, 3.8) is 0 Å². The van der Waals surface area contributed by atoms with Crippen LogP contribution in [0.2, 0.25) is 0 Å². The van der Waals surface area contributed by atoms with Crippen molar-refractivity contribution in [3.8, 4) is 32.6 Å². The molecule has 9 aromatic rings. The standard InChI is InChI=1S/C15H13FN5O2S.C14H13FN5O2S.C13H11FN5O2S.3Y/c1-20-15(22)21(19-18-20)13-11(8-23-14-17-6-7-24-14)10(9-2-3-9)4-5-12(13)16;1-3-9-4-5-11(15)12(20-14(21)19(2)17-18-20)10(9)8-22-13-16-6-7-23-13;1-8-3-4-10(14)11(19-13(20)18(2)16-17-19)9(8)7-21-12-15-5-6-22-12;;;/h4-5,7,9H,2-3,8H2,1H3;4-5,7H,3,8H2,1-2H3;3-4,6H,7H2,1-2H3;;;/q3*-1;;;. The molecule has 1 fully saturated rings. The van der Waals surface area contributed by atoms with E-state index in [4.69, 9.17) is 14.2 Å². The molecule has 72 heavy (non-hydrogen) atoms. The smallest absolute Gasteiger partial charge is 0.368 e. The van der Waals surface area contributed by atoms with Crippen molar-refractivity contribution in [2.75, 3.05) is 0 Å². The molecule has 0 N–H and O–H groups in total. The minimum absolute atomic E-state index is 0. The fourth-order valence-corrected chi connectivity index (χ4v) is 8.10. The number of nitrogens with zero attached hydrogens (tertiary/aromatic N) is 15. The van der Waals surface area contributed by atoms with E-state index in [1.54, 1.807) is 41.3 Å². The van der Waals surface area contributed by atoms with Gasteiger partial charge in [-0.1, -0.05) is 41.3 Å². The van der Waals surface area contributed by atoms with E-state index in [0.717, 1.165) is 57.6 Å². The molecule has 0 saturated heterocycles. The van der Waals surface area contributed by atoms with E-state index in [-0.39, 0.29) is 135 Å². The van der Waals surface area contributed by atoms with Gasteiger partial charge in [-0.3, -0.25) is 0 Å². The molecule has 3 aromatic carbocycles. The third-order valence-electron chi connectivity index (χ3n) is 10.4. The predicted molar refractivity (Wildman–Crippen MR) is 242 cm³/mol. The maximum absolute atomic E-state index is 14.5. The van der Waals surface area contributed by atoms with Gasteiger partial charge in [0, 0.05) is 136 Å². The summed E-state index contributed by atoms with van der Waals surface area (Å²) in [6.07, 6.45) is 10.7. The molecule has 367 valence electrons. The Kier molecular flexibility index (Phi) is 21.7. The van der Waals surface area contributed by atoms with Crippen molar-refractivity contribution in [1.82, 2.24) is 74.3 Å². The van der Waals surface area contributed by atoms with Gasteiger partial charge in [0.25, 0.3) is 0 Å². The first kappa shape index (κ1) is 58.5. The Hall–Kier alpha value is -4.34. The summed E-state index contributed by atoms with van der Waals surface area (Å²) in [7, 11) is 4.37. The van der Waals surface area contributed by atoms with Crippen molar-refractivity contribution in [2.45, 2.75) is 58.8 Å². The van der Waals surface area contributed by atoms with Crippen molar-refractivity contribution >= 4 is 34.0 Å². The van der Waals surface area contributed by atoms with Crippen LogP contribution in [0.4, 0.5) is 13.2 Å². The summed E-state index contributed by atoms with van der Waals surface area (Å²) >= 11 is 3.87. The van der Waals surface area contributed by atoms with Gasteiger partial charge in [0.05, 0.1) is 19.8 Å². The van der Waals surface area contributed by atoms with Crippen LogP contribution < -0.4 is 31.3 Å². The quantitative estimate of drug-likeness (QED) is 0.136. The normalized spacial score (nSPS) is 11.5. The number of thiazole rings is 3. The predicted octanol–water partition coefficient (Wildman–Crippen LogP) is 4.56. The first-order valence-electron chi connectivity index (χ1n) is 20.5. The Morgan fingerprint density at radius 2 is 0.931 bits per heavy atom. The first-order valence-corrected chi connectivity index (χ1v) is 23.2. The second-order valence-electron chi connectivity index (χ2n) is 14.8. The van der Waals surface area contributed by atoms with Gasteiger partial charge in [0.2, 0.25) is 0 Å². The number of tetrazole rings is 3. The molecular weight excluding hydrogens is 1230 g/mol. The van der Waals surface area contributed by atoms with Crippen LogP contribution in [-0.4, -0.2) is 74.3 Å². The Labute approximate surface area is 494 Å². The summed E-state index contributed by atoms with van der Waals surface area (Å²) in [5.41, 5.74) is 2.90. The Bertz CT molecular complexity index is 3380. The molecule has 0 aliphatic heterocycles. The number of rotatable bonds is 14. The van der Waals surface area contributed by atoms with E-state index in [1.165, 1.54) is 73.4 Å². The van der Waals surface area contributed by atoms with Crippen LogP contribution in [0, 0.1) is 43.0 Å². The molecule has 6 aromatic heterocycles. The number of aromatic nitrogens is 15. The van der Waals surface area contributed by atoms with Gasteiger partial charge in [0.1, 0.15) is 50.1 Å². The van der Waals surface area contributed by atoms with Gasteiger partial charge < -0.3 is 29.2 Å². The molecule has 6 heterocycles. The number of benzene rings is 3. The van der Waals surface area contributed by atoms with Gasteiger partial charge in [-0.25, -0.2) is 61.6 Å². The molecule has 10 rings (SSSR count). The number of halogens is 3. The second-order valence-corrected chi connectivity index (χ2v) is 17.3. The van der Waals surface area contributed by atoms with Gasteiger partial charge in [-0.15, -0.1) is 18.6 Å². The summed E-state index contributed by atoms with van der Waals surface area (Å²) in [5.74, 6) is -1.31. The zero-order valence-corrected chi connectivity index (χ0v) is 49.7. The van der Waals surface area contributed by atoms with E-state index in [9.17, 15) is 27.6 Å². The zero-order chi connectivity index (χ0) is 48.8. The minimum Gasteiger partial charge on any atom is -0.550 e. The van der Waals surface area contributed by atoms with E-state index in [2.05, 4.69) is 64.8 Å². The van der Waals surface area contributed by atoms with Crippen LogP contribution >= 0.6 is 34.0 Å². The van der Waals surface area contributed by atoms with Crippen LogP contribution in [0.1, 0.15) is 59.1 Å². The van der Waals surface area contributed by atoms with E-state index in [0.29, 0.717) is 44.6 Å². The summed E-state index contributed by atoms with van der Waals surface area (Å²) in [5, 5.41) is 28.4. The van der Waals surface area contributed by atoms with Crippen LogP contribution in [0.25, 0.3) is 17.1 Å². The number of hydrogen-bond acceptors (Lipinski definition) is 18. The minimum atomic E-state index is -0.572. The average molecular weight is 1270 g/mol. The fourth-order valence-electron chi connectivity index (χ4n) is 6.78. The van der Waals surface area contributed by atoms with Crippen LogP contribution in [0.5, 0.6) is 15.6 Å². The maximum atomic E-state index is 14.5. The molecule has 30 heteroatoms. The van der Waals surface area contributed by atoms with Crippen molar-refractivity contribution < 1.29 is 126 Å². The molecule has 21 nitrogen and oxygen atoms in total. The molecule has 0 atom stereocenters. The van der Waals surface area contributed by atoms with Gasteiger partial charge in [-0.2, -0.15) is 28.1 Å². The average Bonchev–Trinajstić information content (AvgIpc) is 4.01. The van der Waals surface area contributed by atoms with Crippen LogP contribution in [0.15, 0.2) is 66.9 Å². The second kappa shape index (κ2) is 26.7. The Balaban J connectivity index is 0.000000197. The third kappa shape index (κ3) is 13.5. The molecule has 0 bridgehead atoms. The third-order valence-corrected chi connectivity index (χ3v) is 12.3. The van der Waals surface area contributed by atoms with E-state index in [1.807, 2.05) is 6.92 Å². The van der Waals surface area contributed by atoms with Crippen molar-refractivity contribution in [1.29, 1.82) is 0 Å². The molecule has 1 aliphatic rings. The summed E-state index contributed by atoms with van der Waals surface area (Å²) < 4.78 is 65.9. The number of ether oxygens (including phenoxy) is 3. The SMILES string of the molecule is CCc1ccc(F)c(-n2nnn(C)c2=O)c1COc1n[c-]cs1.Cc1ccc(F)c(-n2nnn(C)c2=O)c1COc1n[c-]cs1.Cn1nnn(-c2c(F)ccc(C3CC3)c2COc2n[c-]cs2)c1=O.[Y].[Y].[Y]. The fraction of sp³-hybridized carbons (Fsp3) is 0.286. The van der Waals surface area contributed by atoms with E-state index >= 15 is 0 Å². The summed E-state index contributed by atoms with van der Waals surface area (Å²) in [4.78, 5) is 48.0. The zero-order valence-electron chi connectivity index (χ0n) is 38.8. The van der Waals surface area contributed by atoms with Crippen molar-refractivity contribution in [2.24, 2.45) is 21.1 Å². The van der Waals surface area contributed by atoms with Gasteiger partial charge in [-0.05, 0) is 98.3 Å². The maximum Gasteiger partial charge on any atom is 0.368 e. The number of aryl methyl sites for hydroxylation is 5. The molecule has 1 aliphatic carbocycles. The molecule has 0 amide bonds. The molecule has 3 radical (unpaired) electrons. The molecule has 0 spiro atoms. The monoisotopic (exact) mass is 1270 g/mol. The Morgan fingerprint density at radius 3 is 1.31 bits per heavy atom. The number of hydrogen-bond donors (Lipinski definition) is 0. The molecule has 0 unspecified atom stereocenters. The largest absolute Gasteiger partial charge is 0.550 e. The van der Waals surface area contributed by atoms with Gasteiger partial charge >= 0.3 is 17.1 Å². The summed E-state index contributed by atoms with van der Waals surface area (Å²) in [6.45, 7) is 3.97. The van der Waals surface area contributed by atoms with Crippen molar-refractivity contribution in [3.05, 3.63) is 153 Å². The van der Waals surface area contributed by atoms with Crippen LogP contribution in [0.3, 0.4) is 0 Å². The van der Waals surface area contributed by atoms with E-state index < -0.39 is 34.5 Å².